The van der Waals surface area contributed by atoms with Gasteiger partial charge in [0.2, 0.25) is 10.0 Å². The van der Waals surface area contributed by atoms with E-state index in [9.17, 15) is 16.8 Å². The molecule has 114 valence electrons. The second-order valence-electron chi connectivity index (χ2n) is 3.88. The second-order valence-corrected chi connectivity index (χ2v) is 8.73. The Morgan fingerprint density at radius 1 is 1.45 bits per heavy atom. The van der Waals surface area contributed by atoms with Gasteiger partial charge in [0.15, 0.2) is 0 Å². The van der Waals surface area contributed by atoms with Crippen molar-refractivity contribution in [2.75, 3.05) is 6.54 Å². The maximum Gasteiger partial charge on any atom is 0.287 e. The molecule has 20 heavy (non-hydrogen) atoms. The molecule has 0 saturated carbocycles. The average molecular weight is 360 g/mol. The molecule has 2 rings (SSSR count). The molecule has 0 unspecified atom stereocenters. The van der Waals surface area contributed by atoms with Gasteiger partial charge in [-0.2, -0.15) is 8.42 Å². The third kappa shape index (κ3) is 3.15. The van der Waals surface area contributed by atoms with Crippen LogP contribution < -0.4 is 10.6 Å². The number of thiophene rings is 1. The van der Waals surface area contributed by atoms with Crippen molar-refractivity contribution in [1.29, 1.82) is 0 Å². The number of sulfonamides is 2. The molecule has 0 aromatic carbocycles. The van der Waals surface area contributed by atoms with Crippen LogP contribution in [0, 0.1) is 0 Å². The highest BCUT2D eigenvalue weighted by Crippen LogP contribution is 2.35. The molecule has 1 aliphatic heterocycles. The summed E-state index contributed by atoms with van der Waals surface area (Å²) < 4.78 is 47.8. The Morgan fingerprint density at radius 2 is 2.10 bits per heavy atom. The lowest BCUT2D eigenvalue weighted by molar-refractivity contribution is 0.401. The van der Waals surface area contributed by atoms with Crippen molar-refractivity contribution in [3.63, 3.8) is 0 Å². The Labute approximate surface area is 127 Å². The van der Waals surface area contributed by atoms with Gasteiger partial charge in [0.05, 0.1) is 0 Å². The van der Waals surface area contributed by atoms with Crippen LogP contribution >= 0.6 is 23.7 Å². The number of primary sulfonamides is 1. The molecular weight excluding hydrogens is 346 g/mol. The Morgan fingerprint density at radius 3 is 2.65 bits per heavy atom. The molecule has 0 bridgehead atoms. The monoisotopic (exact) mass is 359 g/mol. The Hall–Kier alpha value is -0.650. The molecule has 11 heteroatoms. The molecule has 2 heterocycles. The number of fused-ring (bicyclic) bond motifs is 1. The van der Waals surface area contributed by atoms with Crippen LogP contribution in [0.5, 0.6) is 0 Å². The summed E-state index contributed by atoms with van der Waals surface area (Å²) in [7, 11) is -7.66. The zero-order valence-corrected chi connectivity index (χ0v) is 13.7. The molecule has 1 aromatic heterocycles. The van der Waals surface area contributed by atoms with Crippen molar-refractivity contribution in [2.45, 2.75) is 21.8 Å². The van der Waals surface area contributed by atoms with Gasteiger partial charge in [-0.25, -0.2) is 23.4 Å². The summed E-state index contributed by atoms with van der Waals surface area (Å²) in [5, 5.41) is 5.01. The fourth-order valence-corrected chi connectivity index (χ4v) is 5.30. The Balaban J connectivity index is 0.00000200. The highest BCUT2D eigenvalue weighted by atomic mass is 35.5. The zero-order valence-electron chi connectivity index (χ0n) is 10.4. The van der Waals surface area contributed by atoms with Gasteiger partial charge in [0.1, 0.15) is 8.42 Å². The van der Waals surface area contributed by atoms with Gasteiger partial charge in [-0.3, -0.25) is 0 Å². The summed E-state index contributed by atoms with van der Waals surface area (Å²) >= 11 is 0.653. The number of nitrogens with zero attached hydrogens (tertiary/aromatic N) is 1. The molecule has 0 fully saturated rings. The van der Waals surface area contributed by atoms with E-state index in [0.29, 0.717) is 23.4 Å². The zero-order chi connectivity index (χ0) is 14.3. The summed E-state index contributed by atoms with van der Waals surface area (Å²) in [5.41, 5.74) is 3.07. The number of hydrogen-bond acceptors (Lipinski definition) is 6. The molecule has 0 saturated heterocycles. The molecule has 1 aliphatic rings. The van der Waals surface area contributed by atoms with E-state index in [1.54, 1.807) is 0 Å². The van der Waals surface area contributed by atoms with Crippen LogP contribution in [0.25, 0.3) is 6.08 Å². The highest BCUT2D eigenvalue weighted by Gasteiger charge is 2.31. The lowest BCUT2D eigenvalue weighted by Crippen LogP contribution is -2.40. The number of hydrogen-bond donors (Lipinski definition) is 2. The van der Waals surface area contributed by atoms with Crippen LogP contribution in [0.1, 0.15) is 18.9 Å². The van der Waals surface area contributed by atoms with Crippen molar-refractivity contribution >= 4 is 49.9 Å². The standard InChI is InChI=1S/C9H13N3O4S3.ClH/c1-2-4-11-12-5-3-7-6-8(18(10,13)14)17-9(7)19(12,15)16;/h3,5-6,11H,2,4H2,1H3,(H2,10,13,14);1H. The lowest BCUT2D eigenvalue weighted by Gasteiger charge is -2.23. The summed E-state index contributed by atoms with van der Waals surface area (Å²) in [4.78, 5) is 0. The Bertz CT molecular complexity index is 724. The topological polar surface area (TPSA) is 110 Å². The number of rotatable bonds is 4. The molecule has 0 radical (unpaired) electrons. The van der Waals surface area contributed by atoms with Crippen molar-refractivity contribution in [1.82, 2.24) is 9.84 Å². The minimum Gasteiger partial charge on any atom is -0.224 e. The summed E-state index contributed by atoms with van der Waals surface area (Å²) in [6.07, 6.45) is 3.65. The minimum absolute atomic E-state index is 0. The van der Waals surface area contributed by atoms with Crippen LogP contribution in [0.15, 0.2) is 20.7 Å². The van der Waals surface area contributed by atoms with Crippen LogP contribution in [0.4, 0.5) is 0 Å². The van der Waals surface area contributed by atoms with Crippen molar-refractivity contribution in [3.8, 4) is 0 Å². The first-order valence-corrected chi connectivity index (χ1v) is 9.20. The SMILES string of the molecule is CCCNN1C=Cc2cc(S(N)(=O)=O)sc2S1(=O)=O.Cl. The Kier molecular flexibility index (Phi) is 5.22. The molecule has 1 aromatic rings. The van der Waals surface area contributed by atoms with Crippen LogP contribution in [0.3, 0.4) is 0 Å². The number of halogens is 1. The lowest BCUT2D eigenvalue weighted by atomic mass is 10.3. The maximum absolute atomic E-state index is 12.2. The molecule has 0 amide bonds. The summed E-state index contributed by atoms with van der Waals surface area (Å²) in [6.45, 7) is 2.40. The molecule has 0 spiro atoms. The predicted octanol–water partition coefficient (Wildman–Crippen LogP) is 0.707. The number of hydrazine groups is 1. The quantitative estimate of drug-likeness (QED) is 0.822. The third-order valence-corrected chi connectivity index (χ3v) is 7.10. The van der Waals surface area contributed by atoms with E-state index in [4.69, 9.17) is 5.14 Å². The number of nitrogens with one attached hydrogen (secondary N) is 1. The minimum atomic E-state index is -3.90. The van der Waals surface area contributed by atoms with E-state index < -0.39 is 20.0 Å². The largest absolute Gasteiger partial charge is 0.287 e. The summed E-state index contributed by atoms with van der Waals surface area (Å²) in [5.74, 6) is 0. The first-order chi connectivity index (χ1) is 8.76. The van der Waals surface area contributed by atoms with E-state index in [1.165, 1.54) is 18.3 Å². The molecule has 7 nitrogen and oxygen atoms in total. The van der Waals surface area contributed by atoms with Crippen LogP contribution in [-0.2, 0) is 20.0 Å². The van der Waals surface area contributed by atoms with Gasteiger partial charge in [-0.05, 0) is 18.6 Å². The van der Waals surface area contributed by atoms with Gasteiger partial charge < -0.3 is 0 Å². The van der Waals surface area contributed by atoms with E-state index >= 15 is 0 Å². The maximum atomic E-state index is 12.2. The normalized spacial score (nSPS) is 16.6. The van der Waals surface area contributed by atoms with E-state index in [2.05, 4.69) is 5.43 Å². The highest BCUT2D eigenvalue weighted by molar-refractivity contribution is 7.94. The fraction of sp³-hybridized carbons (Fsp3) is 0.333. The van der Waals surface area contributed by atoms with E-state index in [1.807, 2.05) is 6.92 Å². The van der Waals surface area contributed by atoms with E-state index in [0.717, 1.165) is 10.8 Å². The summed E-state index contributed by atoms with van der Waals surface area (Å²) in [6, 6.07) is 1.26. The third-order valence-electron chi connectivity index (χ3n) is 2.38. The van der Waals surface area contributed by atoms with Gasteiger partial charge >= 0.3 is 0 Å². The molecule has 0 atom stereocenters. The second kappa shape index (κ2) is 6.00. The molecule has 0 aliphatic carbocycles. The molecular formula is C9H14ClN3O4S3. The average Bonchev–Trinajstić information content (AvgIpc) is 2.73. The predicted molar refractivity (Wildman–Crippen MR) is 79.3 cm³/mol. The fourth-order valence-electron chi connectivity index (χ4n) is 1.50. The first-order valence-electron chi connectivity index (χ1n) is 5.39. The van der Waals surface area contributed by atoms with Gasteiger partial charge in [-0.1, -0.05) is 6.92 Å². The first kappa shape index (κ1) is 17.4. The van der Waals surface area contributed by atoms with Crippen molar-refractivity contribution in [3.05, 3.63) is 17.8 Å². The van der Waals surface area contributed by atoms with E-state index in [-0.39, 0.29) is 20.8 Å². The van der Waals surface area contributed by atoms with Gasteiger partial charge in [0.25, 0.3) is 10.0 Å². The smallest absolute Gasteiger partial charge is 0.224 e. The van der Waals surface area contributed by atoms with Gasteiger partial charge in [-0.15, -0.1) is 23.7 Å². The van der Waals surface area contributed by atoms with Crippen molar-refractivity contribution < 1.29 is 16.8 Å². The van der Waals surface area contributed by atoms with Gasteiger partial charge in [0, 0.05) is 18.3 Å². The van der Waals surface area contributed by atoms with Crippen molar-refractivity contribution in [2.24, 2.45) is 5.14 Å². The molecule has 3 N–H and O–H groups in total. The van der Waals surface area contributed by atoms with Crippen LogP contribution in [-0.4, -0.2) is 27.8 Å². The number of nitrogens with two attached hydrogens (primary N) is 1. The van der Waals surface area contributed by atoms with Crippen LogP contribution in [0.2, 0.25) is 0 Å².